The molecule has 0 aromatic carbocycles. The second-order valence-corrected chi connectivity index (χ2v) is 21.8. The molecule has 3 rings (SSSR count). The summed E-state index contributed by atoms with van der Waals surface area (Å²) in [6.45, 7) is 14.0. The molecule has 0 heterocycles. The molecule has 2 unspecified atom stereocenters. The van der Waals surface area contributed by atoms with Gasteiger partial charge in [-0.1, -0.05) is 0 Å². The van der Waals surface area contributed by atoms with Gasteiger partial charge in [-0.3, -0.25) is 0 Å². The Bertz CT molecular complexity index is 874. The molecule has 0 radical (unpaired) electrons. The molecule has 0 nitrogen and oxygen atoms in total. The van der Waals surface area contributed by atoms with Crippen molar-refractivity contribution in [3.05, 3.63) is 67.1 Å². The van der Waals surface area contributed by atoms with E-state index < -0.39 is 27.5 Å². The van der Waals surface area contributed by atoms with E-state index in [1.807, 2.05) is 0 Å². The topological polar surface area (TPSA) is 0 Å². The predicted octanol–water partition coefficient (Wildman–Crippen LogP) is 7.44. The molecule has 3 aliphatic rings. The van der Waals surface area contributed by atoms with E-state index >= 15 is 0 Å². The van der Waals surface area contributed by atoms with Gasteiger partial charge in [-0.25, -0.2) is 0 Å². The fourth-order valence-corrected chi connectivity index (χ4v) is 13.2. The van der Waals surface area contributed by atoms with E-state index in [1.165, 1.54) is 31.2 Å². The molecule has 0 aliphatic heterocycles. The standard InChI is InChI=1S/C23H29Si.2ClH.Hf/c1-7-17-12-13-18(8-2)23(17)21-15(3)14-19-10-9-11-20(24(5)6)16(4)22(19)21;;;/h9-13,16-17H,7-8H2,1-6H3;2*1H;/q;;;+2/p-2. The molecule has 0 aromatic rings. The van der Waals surface area contributed by atoms with E-state index in [4.69, 9.17) is 17.2 Å². The fourth-order valence-electron chi connectivity index (χ4n) is 4.81. The zero-order valence-electron chi connectivity index (χ0n) is 17.2. The van der Waals surface area contributed by atoms with E-state index in [0.29, 0.717) is 11.8 Å². The minimum absolute atomic E-state index is 0.434. The van der Waals surface area contributed by atoms with Crippen molar-refractivity contribution < 1.29 is 19.1 Å². The average molecular weight is 583 g/mol. The van der Waals surface area contributed by atoms with E-state index in [9.17, 15) is 0 Å². The Kier molecular flexibility index (Phi) is 7.05. The summed E-state index contributed by atoms with van der Waals surface area (Å²) in [6, 6.07) is 0. The molecule has 143 valence electrons. The molecule has 0 saturated heterocycles. The molecule has 0 saturated carbocycles. The van der Waals surface area contributed by atoms with E-state index in [1.54, 1.807) is 10.7 Å². The van der Waals surface area contributed by atoms with Crippen molar-refractivity contribution >= 4 is 30.7 Å². The van der Waals surface area contributed by atoms with Crippen LogP contribution in [0.3, 0.4) is 0 Å². The number of hydrogen-bond acceptors (Lipinski definition) is 0. The first-order valence-electron chi connectivity index (χ1n) is 9.95. The van der Waals surface area contributed by atoms with Gasteiger partial charge in [0.2, 0.25) is 0 Å². The molecule has 3 aliphatic carbocycles. The summed E-state index contributed by atoms with van der Waals surface area (Å²) in [4.78, 5) is 0. The summed E-state index contributed by atoms with van der Waals surface area (Å²) < 4.78 is 1.32. The van der Waals surface area contributed by atoms with Crippen molar-refractivity contribution in [3.63, 3.8) is 0 Å². The third-order valence-electron chi connectivity index (χ3n) is 6.12. The Morgan fingerprint density at radius 1 is 1.11 bits per heavy atom. The molecule has 0 fully saturated rings. The van der Waals surface area contributed by atoms with Gasteiger partial charge in [0.15, 0.2) is 0 Å². The van der Waals surface area contributed by atoms with Crippen LogP contribution < -0.4 is 0 Å². The summed E-state index contributed by atoms with van der Waals surface area (Å²) in [5, 5.41) is 1.60. The zero-order chi connectivity index (χ0) is 19.9. The normalized spacial score (nSPS) is 24.7. The second kappa shape index (κ2) is 8.77. The van der Waals surface area contributed by atoms with Gasteiger partial charge in [0, 0.05) is 0 Å². The van der Waals surface area contributed by atoms with Gasteiger partial charge >= 0.3 is 182 Å². The maximum atomic E-state index is 6.71. The molecular weight excluding hydrogens is 554 g/mol. The SMILES string of the molecule is CCC1=C(C2=C3C(=CC=CC(=[Si](C)C)C3C)[C]([Hf]([Cl])[Cl])=C2C)C(CC)C=C1. The molecule has 0 aromatic heterocycles. The molecule has 0 amide bonds. The van der Waals surface area contributed by atoms with Crippen molar-refractivity contribution in [3.8, 4) is 0 Å². The minimum atomic E-state index is -2.75. The predicted molar refractivity (Wildman–Crippen MR) is 121 cm³/mol. The molecule has 0 bridgehead atoms. The van der Waals surface area contributed by atoms with Crippen LogP contribution in [0, 0.1) is 11.8 Å². The molecule has 4 heteroatoms. The molecular formula is C23H29Cl2HfSi. The Balaban J connectivity index is 2.34. The second-order valence-electron chi connectivity index (χ2n) is 7.83. The van der Waals surface area contributed by atoms with E-state index in [-0.39, 0.29) is 0 Å². The monoisotopic (exact) mass is 583 g/mol. The summed E-state index contributed by atoms with van der Waals surface area (Å²) in [5.41, 5.74) is 8.73. The summed E-state index contributed by atoms with van der Waals surface area (Å²) in [6.07, 6.45) is 13.9. The van der Waals surface area contributed by atoms with Gasteiger partial charge in [0.25, 0.3) is 0 Å². The molecule has 0 spiro atoms. The van der Waals surface area contributed by atoms with Crippen molar-refractivity contribution in [2.45, 2.75) is 53.6 Å². The van der Waals surface area contributed by atoms with Crippen molar-refractivity contribution in [1.29, 1.82) is 0 Å². The molecule has 0 N–H and O–H groups in total. The number of fused-ring (bicyclic) bond motifs is 1. The van der Waals surface area contributed by atoms with Crippen LogP contribution in [0.1, 0.15) is 40.5 Å². The van der Waals surface area contributed by atoms with Crippen LogP contribution in [-0.4, -0.2) is 13.6 Å². The first-order valence-corrected chi connectivity index (χ1v) is 23.1. The summed E-state index contributed by atoms with van der Waals surface area (Å²) in [7, 11) is 12.9. The van der Waals surface area contributed by atoms with Gasteiger partial charge in [0.1, 0.15) is 0 Å². The Hall–Kier alpha value is -0.0230. The van der Waals surface area contributed by atoms with Gasteiger partial charge in [0.05, 0.1) is 0 Å². The van der Waals surface area contributed by atoms with Gasteiger partial charge in [-0.05, 0) is 0 Å². The van der Waals surface area contributed by atoms with E-state index in [2.05, 4.69) is 71.2 Å². The average Bonchev–Trinajstić information content (AvgIpc) is 3.09. The van der Waals surface area contributed by atoms with E-state index in [0.717, 1.165) is 12.8 Å². The summed E-state index contributed by atoms with van der Waals surface area (Å²) >= 11 is -2.75. The van der Waals surface area contributed by atoms with Crippen LogP contribution in [0.4, 0.5) is 0 Å². The maximum absolute atomic E-state index is 6.71. The molecule has 2 atom stereocenters. The van der Waals surface area contributed by atoms with Gasteiger partial charge < -0.3 is 0 Å². The number of hydrogen-bond donors (Lipinski definition) is 0. The van der Waals surface area contributed by atoms with Gasteiger partial charge in [-0.15, -0.1) is 0 Å². The first-order chi connectivity index (χ1) is 12.8. The fraction of sp³-hybridized carbons (Fsp3) is 0.435. The number of halogens is 2. The quantitative estimate of drug-likeness (QED) is 0.302. The third kappa shape index (κ3) is 3.77. The zero-order valence-corrected chi connectivity index (χ0v) is 23.3. The number of allylic oxidation sites excluding steroid dienone is 12. The first kappa shape index (κ1) is 21.7. The van der Waals surface area contributed by atoms with Crippen LogP contribution in [0.2, 0.25) is 13.1 Å². The Labute approximate surface area is 181 Å². The third-order valence-corrected chi connectivity index (χ3v) is 14.6. The summed E-state index contributed by atoms with van der Waals surface area (Å²) in [5.74, 6) is 0.946. The van der Waals surface area contributed by atoms with Crippen LogP contribution in [0.5, 0.6) is 0 Å². The van der Waals surface area contributed by atoms with Crippen LogP contribution in [0.25, 0.3) is 0 Å². The van der Waals surface area contributed by atoms with Crippen molar-refractivity contribution in [2.75, 3.05) is 0 Å². The van der Waals surface area contributed by atoms with Crippen molar-refractivity contribution in [2.24, 2.45) is 11.8 Å². The van der Waals surface area contributed by atoms with Crippen LogP contribution in [0.15, 0.2) is 67.1 Å². The Morgan fingerprint density at radius 2 is 1.81 bits per heavy atom. The number of rotatable bonds is 4. The molecule has 27 heavy (non-hydrogen) atoms. The van der Waals surface area contributed by atoms with Crippen LogP contribution >= 0.6 is 17.2 Å². The van der Waals surface area contributed by atoms with Crippen molar-refractivity contribution in [1.82, 2.24) is 0 Å². The van der Waals surface area contributed by atoms with Crippen LogP contribution in [-0.2, 0) is 19.1 Å². The van der Waals surface area contributed by atoms with Gasteiger partial charge in [-0.2, -0.15) is 0 Å². The Morgan fingerprint density at radius 3 is 2.37 bits per heavy atom.